The Kier molecular flexibility index (Phi) is 5.33. The summed E-state index contributed by atoms with van der Waals surface area (Å²) in [6.45, 7) is 0.564. The van der Waals surface area contributed by atoms with E-state index in [0.29, 0.717) is 17.9 Å². The van der Waals surface area contributed by atoms with Crippen molar-refractivity contribution in [3.8, 4) is 16.9 Å². The Morgan fingerprint density at radius 3 is 2.33 bits per heavy atom. The lowest BCUT2D eigenvalue weighted by Gasteiger charge is -2.07. The Balaban J connectivity index is 1.45. The van der Waals surface area contributed by atoms with Crippen LogP contribution in [0.5, 0.6) is 5.75 Å². The van der Waals surface area contributed by atoms with Gasteiger partial charge in [0.15, 0.2) is 0 Å². The number of rotatable bonds is 6. The van der Waals surface area contributed by atoms with Gasteiger partial charge in [-0.2, -0.15) is 0 Å². The highest BCUT2D eigenvalue weighted by Crippen LogP contribution is 2.24. The molecule has 0 bridgehead atoms. The Morgan fingerprint density at radius 1 is 0.958 bits per heavy atom. The summed E-state index contributed by atoms with van der Waals surface area (Å²) in [4.78, 5) is 22.9. The maximum absolute atomic E-state index is 11.4. The van der Waals surface area contributed by atoms with Gasteiger partial charge in [-0.3, -0.25) is 14.9 Å². The van der Waals surface area contributed by atoms with E-state index in [1.54, 1.807) is 6.08 Å². The summed E-state index contributed by atoms with van der Waals surface area (Å²) in [7, 11) is 0. The molecule has 3 rings (SSSR count). The van der Waals surface area contributed by atoms with Crippen molar-refractivity contribution in [1.29, 1.82) is 0 Å². The second-order valence-corrected chi connectivity index (χ2v) is 6.31. The molecule has 2 aromatic carbocycles. The van der Waals surface area contributed by atoms with Gasteiger partial charge in [0.1, 0.15) is 5.75 Å². The number of thioether (sulfide) groups is 1. The molecule has 1 aliphatic rings. The first-order valence-electron chi connectivity index (χ1n) is 7.74. The molecule has 0 spiro atoms. The van der Waals surface area contributed by atoms with Gasteiger partial charge in [-0.05, 0) is 47.9 Å². The number of unbranched alkanes of at least 4 members (excludes halogenated alkanes) is 1. The van der Waals surface area contributed by atoms with E-state index in [1.807, 2.05) is 42.5 Å². The summed E-state index contributed by atoms with van der Waals surface area (Å²) in [5.41, 5.74) is 2.33. The Bertz CT molecular complexity index is 754. The van der Waals surface area contributed by atoms with Crippen molar-refractivity contribution in [3.63, 3.8) is 0 Å². The van der Waals surface area contributed by atoms with Crippen LogP contribution in [0.15, 0.2) is 65.6 Å². The molecule has 1 aliphatic heterocycles. The lowest BCUT2D eigenvalue weighted by molar-refractivity contribution is -0.115. The summed E-state index contributed by atoms with van der Waals surface area (Å²) < 4.78 is 5.71. The monoisotopic (exact) mass is 339 g/mol. The molecule has 2 aromatic rings. The molecular formula is C19H17NO3S. The minimum atomic E-state index is -0.305. The van der Waals surface area contributed by atoms with E-state index in [9.17, 15) is 9.59 Å². The van der Waals surface area contributed by atoms with Gasteiger partial charge in [0.25, 0.3) is 11.1 Å². The third kappa shape index (κ3) is 4.26. The van der Waals surface area contributed by atoms with Crippen LogP contribution < -0.4 is 10.1 Å². The molecule has 1 saturated heterocycles. The average molecular weight is 339 g/mol. The molecular weight excluding hydrogens is 322 g/mol. The Hall–Kier alpha value is -2.53. The first-order chi connectivity index (χ1) is 11.7. The predicted octanol–water partition coefficient (Wildman–Crippen LogP) is 4.38. The number of hydrogen-bond donors (Lipinski definition) is 1. The van der Waals surface area contributed by atoms with Crippen molar-refractivity contribution < 1.29 is 14.3 Å². The molecule has 122 valence electrons. The number of allylic oxidation sites excluding steroid dienone is 1. The molecule has 5 heteroatoms. The first kappa shape index (κ1) is 16.3. The minimum Gasteiger partial charge on any atom is -0.494 e. The summed E-state index contributed by atoms with van der Waals surface area (Å²) >= 11 is 0.948. The van der Waals surface area contributed by atoms with Gasteiger partial charge < -0.3 is 4.74 Å². The number of imide groups is 1. The van der Waals surface area contributed by atoms with Gasteiger partial charge >= 0.3 is 0 Å². The van der Waals surface area contributed by atoms with Gasteiger partial charge in [-0.15, -0.1) is 0 Å². The fourth-order valence-corrected chi connectivity index (χ4v) is 3.03. The maximum atomic E-state index is 11.4. The molecule has 4 nitrogen and oxygen atoms in total. The van der Waals surface area contributed by atoms with Crippen LogP contribution in [0, 0.1) is 0 Å². The molecule has 0 atom stereocenters. The summed E-state index contributed by atoms with van der Waals surface area (Å²) in [5.74, 6) is 0.521. The summed E-state index contributed by atoms with van der Waals surface area (Å²) in [6, 6.07) is 18.2. The van der Waals surface area contributed by atoms with Crippen LogP contribution in [0.25, 0.3) is 11.1 Å². The van der Waals surface area contributed by atoms with Crippen LogP contribution in [0.3, 0.4) is 0 Å². The van der Waals surface area contributed by atoms with E-state index in [4.69, 9.17) is 4.74 Å². The second kappa shape index (κ2) is 7.84. The number of carbonyl (C=O) groups excluding carboxylic acids is 2. The van der Waals surface area contributed by atoms with Crippen LogP contribution >= 0.6 is 11.8 Å². The number of ether oxygens (including phenoxy) is 1. The lowest BCUT2D eigenvalue weighted by atomic mass is 10.1. The maximum Gasteiger partial charge on any atom is 0.290 e. The van der Waals surface area contributed by atoms with E-state index in [1.165, 1.54) is 5.56 Å². The highest BCUT2D eigenvalue weighted by Gasteiger charge is 2.24. The first-order valence-corrected chi connectivity index (χ1v) is 8.55. The molecule has 1 N–H and O–H groups in total. The third-order valence-electron chi connectivity index (χ3n) is 3.55. The molecule has 24 heavy (non-hydrogen) atoms. The average Bonchev–Trinajstić information content (AvgIpc) is 2.93. The predicted molar refractivity (Wildman–Crippen MR) is 95.8 cm³/mol. The third-order valence-corrected chi connectivity index (χ3v) is 4.41. The van der Waals surface area contributed by atoms with Crippen LogP contribution in [0.2, 0.25) is 0 Å². The number of hydrogen-bond acceptors (Lipinski definition) is 4. The second-order valence-electron chi connectivity index (χ2n) is 5.29. The van der Waals surface area contributed by atoms with Gasteiger partial charge in [0.2, 0.25) is 0 Å². The fraction of sp³-hybridized carbons (Fsp3) is 0.158. The molecule has 1 heterocycles. The Labute approximate surface area is 144 Å². The zero-order valence-electron chi connectivity index (χ0n) is 13.0. The standard InChI is InChI=1S/C19H17NO3S/c21-18-17(24-19(22)20-18)8-4-5-13-23-16-11-9-15(10-12-16)14-6-2-1-3-7-14/h1-3,6-12H,4-5,13H2,(H,20,21,22). The quantitative estimate of drug-likeness (QED) is 0.627. The van der Waals surface area contributed by atoms with Crippen LogP contribution in [-0.2, 0) is 4.79 Å². The number of carbonyl (C=O) groups is 2. The van der Waals surface area contributed by atoms with E-state index < -0.39 is 0 Å². The summed E-state index contributed by atoms with van der Waals surface area (Å²) in [6.07, 6.45) is 3.27. The van der Waals surface area contributed by atoms with E-state index in [-0.39, 0.29) is 11.1 Å². The van der Waals surface area contributed by atoms with Crippen molar-refractivity contribution >= 4 is 22.9 Å². The highest BCUT2D eigenvalue weighted by molar-refractivity contribution is 8.18. The fourth-order valence-electron chi connectivity index (χ4n) is 2.34. The summed E-state index contributed by atoms with van der Waals surface area (Å²) in [5, 5.41) is 1.93. The van der Waals surface area contributed by atoms with Crippen molar-refractivity contribution in [2.75, 3.05) is 6.61 Å². The lowest BCUT2D eigenvalue weighted by Crippen LogP contribution is -2.17. The van der Waals surface area contributed by atoms with Crippen molar-refractivity contribution in [2.45, 2.75) is 12.8 Å². The van der Waals surface area contributed by atoms with Crippen molar-refractivity contribution in [3.05, 3.63) is 65.6 Å². The van der Waals surface area contributed by atoms with E-state index in [0.717, 1.165) is 29.5 Å². The van der Waals surface area contributed by atoms with Gasteiger partial charge in [0, 0.05) is 0 Å². The molecule has 2 amide bonds. The Morgan fingerprint density at radius 2 is 1.67 bits per heavy atom. The van der Waals surface area contributed by atoms with Gasteiger partial charge in [-0.1, -0.05) is 48.5 Å². The number of benzene rings is 2. The zero-order chi connectivity index (χ0) is 16.8. The molecule has 0 saturated carbocycles. The van der Waals surface area contributed by atoms with Crippen LogP contribution in [0.4, 0.5) is 4.79 Å². The zero-order valence-corrected chi connectivity index (χ0v) is 13.8. The molecule has 1 fully saturated rings. The van der Waals surface area contributed by atoms with Crippen molar-refractivity contribution in [1.82, 2.24) is 5.32 Å². The molecule has 0 radical (unpaired) electrons. The molecule has 0 unspecified atom stereocenters. The van der Waals surface area contributed by atoms with Gasteiger partial charge in [-0.25, -0.2) is 0 Å². The van der Waals surface area contributed by atoms with Crippen LogP contribution in [-0.4, -0.2) is 17.8 Å². The van der Waals surface area contributed by atoms with Crippen molar-refractivity contribution in [2.24, 2.45) is 0 Å². The molecule has 0 aliphatic carbocycles. The highest BCUT2D eigenvalue weighted by atomic mass is 32.2. The van der Waals surface area contributed by atoms with Gasteiger partial charge in [0.05, 0.1) is 11.5 Å². The topological polar surface area (TPSA) is 55.4 Å². The minimum absolute atomic E-state index is 0.303. The normalized spacial score (nSPS) is 15.6. The number of nitrogens with one attached hydrogen (secondary N) is 1. The SMILES string of the molecule is O=C1NC(=O)C(=CCCCOc2ccc(-c3ccccc3)cc2)S1. The van der Waals surface area contributed by atoms with Crippen LogP contribution in [0.1, 0.15) is 12.8 Å². The largest absolute Gasteiger partial charge is 0.494 e. The smallest absolute Gasteiger partial charge is 0.290 e. The number of amides is 2. The van der Waals surface area contributed by atoms with E-state index >= 15 is 0 Å². The molecule has 0 aromatic heterocycles. The van der Waals surface area contributed by atoms with E-state index in [2.05, 4.69) is 17.4 Å².